The van der Waals surface area contributed by atoms with Gasteiger partial charge in [-0.05, 0) is 31.2 Å². The van der Waals surface area contributed by atoms with E-state index in [-0.39, 0.29) is 11.5 Å². The minimum Gasteiger partial charge on any atom is -0.278 e. The molecule has 0 amide bonds. The number of anilines is 1. The molecule has 0 unspecified atom stereocenters. The van der Waals surface area contributed by atoms with Crippen LogP contribution < -0.4 is 5.43 Å². The third kappa shape index (κ3) is 3.35. The molecule has 1 N–H and O–H groups in total. The van der Waals surface area contributed by atoms with Gasteiger partial charge < -0.3 is 0 Å². The molecule has 0 saturated heterocycles. The number of non-ortho nitro benzene ring substituents is 1. The third-order valence-electron chi connectivity index (χ3n) is 3.38. The number of aromatic nitrogens is 1. The molecule has 0 radical (unpaired) electrons. The highest BCUT2D eigenvalue weighted by atomic mass is 19.1. The molecule has 2 aromatic carbocycles. The van der Waals surface area contributed by atoms with Crippen LogP contribution in [0.3, 0.4) is 0 Å². The zero-order chi connectivity index (χ0) is 17.1. The molecule has 0 fully saturated rings. The monoisotopic (exact) mass is 324 g/mol. The summed E-state index contributed by atoms with van der Waals surface area (Å²) in [6, 6.07) is 12.2. The fourth-order valence-corrected chi connectivity index (χ4v) is 2.32. The Balaban J connectivity index is 1.89. The van der Waals surface area contributed by atoms with Gasteiger partial charge in [0.15, 0.2) is 0 Å². The van der Waals surface area contributed by atoms with Crippen molar-refractivity contribution in [3.05, 3.63) is 75.7 Å². The maximum atomic E-state index is 13.5. The zero-order valence-corrected chi connectivity index (χ0v) is 12.7. The molecule has 24 heavy (non-hydrogen) atoms. The lowest BCUT2D eigenvalue weighted by Crippen LogP contribution is -1.96. The number of nitro benzene ring substituents is 1. The van der Waals surface area contributed by atoms with Gasteiger partial charge in [0.1, 0.15) is 5.82 Å². The van der Waals surface area contributed by atoms with Crippen LogP contribution in [0.15, 0.2) is 53.6 Å². The molecule has 3 rings (SSSR count). The van der Waals surface area contributed by atoms with Crippen LogP contribution >= 0.6 is 0 Å². The minimum atomic E-state index is -0.465. The second kappa shape index (κ2) is 6.41. The van der Waals surface area contributed by atoms with Gasteiger partial charge in [0.2, 0.25) is 0 Å². The van der Waals surface area contributed by atoms with Gasteiger partial charge >= 0.3 is 0 Å². The molecule has 0 aliphatic carbocycles. The first-order chi connectivity index (χ1) is 11.5. The SMILES string of the molecule is Cc1cc(N/N=C/c2cccc([N+](=O)[O-])c2)c2cc(F)ccc2n1. The average molecular weight is 324 g/mol. The van der Waals surface area contributed by atoms with Gasteiger partial charge in [-0.2, -0.15) is 5.10 Å². The van der Waals surface area contributed by atoms with E-state index < -0.39 is 4.92 Å². The van der Waals surface area contributed by atoms with Crippen molar-refractivity contribution in [2.75, 3.05) is 5.43 Å². The van der Waals surface area contributed by atoms with Gasteiger partial charge in [-0.1, -0.05) is 12.1 Å². The Morgan fingerprint density at radius 1 is 1.25 bits per heavy atom. The van der Waals surface area contributed by atoms with E-state index in [1.165, 1.54) is 30.5 Å². The normalized spacial score (nSPS) is 11.1. The van der Waals surface area contributed by atoms with Crippen LogP contribution in [0, 0.1) is 22.9 Å². The summed E-state index contributed by atoms with van der Waals surface area (Å²) in [4.78, 5) is 14.6. The number of fused-ring (bicyclic) bond motifs is 1. The number of aryl methyl sites for hydroxylation is 1. The van der Waals surface area contributed by atoms with Crippen molar-refractivity contribution in [1.82, 2.24) is 4.98 Å². The number of hydrogen-bond acceptors (Lipinski definition) is 5. The standard InChI is InChI=1S/C17H13FN4O2/c1-11-7-17(15-9-13(18)5-6-16(15)20-11)21-19-10-12-3-2-4-14(8-12)22(23)24/h2-10H,1H3,(H,20,21)/b19-10+. The number of nitrogens with zero attached hydrogens (tertiary/aromatic N) is 3. The van der Waals surface area contributed by atoms with Crippen LogP contribution in [0.4, 0.5) is 15.8 Å². The highest BCUT2D eigenvalue weighted by Gasteiger charge is 2.06. The zero-order valence-electron chi connectivity index (χ0n) is 12.7. The first kappa shape index (κ1) is 15.5. The molecule has 7 heteroatoms. The van der Waals surface area contributed by atoms with E-state index in [2.05, 4.69) is 15.5 Å². The number of rotatable bonds is 4. The molecule has 1 aromatic heterocycles. The Morgan fingerprint density at radius 3 is 2.88 bits per heavy atom. The molecule has 1 heterocycles. The van der Waals surface area contributed by atoms with E-state index in [9.17, 15) is 14.5 Å². The first-order valence-corrected chi connectivity index (χ1v) is 7.13. The molecular formula is C17H13FN4O2. The van der Waals surface area contributed by atoms with E-state index in [1.54, 1.807) is 24.3 Å². The van der Waals surface area contributed by atoms with Gasteiger partial charge in [0.25, 0.3) is 5.69 Å². The topological polar surface area (TPSA) is 80.4 Å². The van der Waals surface area contributed by atoms with Crippen LogP contribution in [0.2, 0.25) is 0 Å². The highest BCUT2D eigenvalue weighted by molar-refractivity contribution is 5.92. The summed E-state index contributed by atoms with van der Waals surface area (Å²) in [7, 11) is 0. The fraction of sp³-hybridized carbons (Fsp3) is 0.0588. The molecule has 0 atom stereocenters. The average Bonchev–Trinajstić information content (AvgIpc) is 2.55. The van der Waals surface area contributed by atoms with Crippen molar-refractivity contribution < 1.29 is 9.31 Å². The van der Waals surface area contributed by atoms with E-state index >= 15 is 0 Å². The number of nitro groups is 1. The van der Waals surface area contributed by atoms with E-state index in [1.807, 2.05) is 6.92 Å². The van der Waals surface area contributed by atoms with Crippen LogP contribution in [0.25, 0.3) is 10.9 Å². The Labute approximate surface area is 136 Å². The van der Waals surface area contributed by atoms with Crippen molar-refractivity contribution in [2.45, 2.75) is 6.92 Å². The Morgan fingerprint density at radius 2 is 2.08 bits per heavy atom. The first-order valence-electron chi connectivity index (χ1n) is 7.13. The van der Waals surface area contributed by atoms with Crippen molar-refractivity contribution in [1.29, 1.82) is 0 Å². The Bertz CT molecular complexity index is 956. The Hall–Kier alpha value is -3.35. The van der Waals surface area contributed by atoms with Crippen LogP contribution in [0.5, 0.6) is 0 Å². The Kier molecular flexibility index (Phi) is 4.15. The van der Waals surface area contributed by atoms with Crippen molar-refractivity contribution in [3.8, 4) is 0 Å². The molecule has 0 spiro atoms. The van der Waals surface area contributed by atoms with Gasteiger partial charge in [0, 0.05) is 28.8 Å². The number of nitrogens with one attached hydrogen (secondary N) is 1. The second-order valence-electron chi connectivity index (χ2n) is 5.19. The quantitative estimate of drug-likeness (QED) is 0.446. The molecule has 6 nitrogen and oxygen atoms in total. The lowest BCUT2D eigenvalue weighted by molar-refractivity contribution is -0.384. The maximum absolute atomic E-state index is 13.5. The fourth-order valence-electron chi connectivity index (χ4n) is 2.32. The summed E-state index contributed by atoms with van der Waals surface area (Å²) in [5.74, 6) is -0.362. The lowest BCUT2D eigenvalue weighted by Gasteiger charge is -2.07. The van der Waals surface area contributed by atoms with E-state index in [0.29, 0.717) is 22.2 Å². The molecule has 0 aliphatic rings. The number of pyridine rings is 1. The minimum absolute atomic E-state index is 0.00812. The molecule has 3 aromatic rings. The summed E-state index contributed by atoms with van der Waals surface area (Å²) in [6.07, 6.45) is 1.47. The largest absolute Gasteiger partial charge is 0.278 e. The summed E-state index contributed by atoms with van der Waals surface area (Å²) in [6.45, 7) is 1.83. The smallest absolute Gasteiger partial charge is 0.270 e. The highest BCUT2D eigenvalue weighted by Crippen LogP contribution is 2.24. The van der Waals surface area contributed by atoms with Crippen molar-refractivity contribution in [2.24, 2.45) is 5.10 Å². The molecule has 0 saturated carbocycles. The van der Waals surface area contributed by atoms with Gasteiger partial charge in [-0.3, -0.25) is 20.5 Å². The molecule has 0 aliphatic heterocycles. The van der Waals surface area contributed by atoms with E-state index in [0.717, 1.165) is 5.69 Å². The molecule has 0 bridgehead atoms. The van der Waals surface area contributed by atoms with Crippen LogP contribution in [0.1, 0.15) is 11.3 Å². The van der Waals surface area contributed by atoms with Gasteiger partial charge in [-0.25, -0.2) is 4.39 Å². The second-order valence-corrected chi connectivity index (χ2v) is 5.19. The molecular weight excluding hydrogens is 311 g/mol. The van der Waals surface area contributed by atoms with Crippen molar-refractivity contribution in [3.63, 3.8) is 0 Å². The number of hydrogen-bond donors (Lipinski definition) is 1. The number of benzene rings is 2. The summed E-state index contributed by atoms with van der Waals surface area (Å²) in [5, 5.41) is 15.5. The van der Waals surface area contributed by atoms with E-state index in [4.69, 9.17) is 0 Å². The number of halogens is 1. The summed E-state index contributed by atoms with van der Waals surface area (Å²) in [5.41, 5.74) is 5.45. The van der Waals surface area contributed by atoms with Crippen LogP contribution in [-0.2, 0) is 0 Å². The van der Waals surface area contributed by atoms with Crippen LogP contribution in [-0.4, -0.2) is 16.1 Å². The maximum Gasteiger partial charge on any atom is 0.270 e. The summed E-state index contributed by atoms with van der Waals surface area (Å²) < 4.78 is 13.5. The lowest BCUT2D eigenvalue weighted by atomic mass is 10.1. The summed E-state index contributed by atoms with van der Waals surface area (Å²) >= 11 is 0. The van der Waals surface area contributed by atoms with Crippen molar-refractivity contribution >= 4 is 28.5 Å². The number of hydrazone groups is 1. The van der Waals surface area contributed by atoms with Gasteiger partial charge in [0.05, 0.1) is 22.3 Å². The molecule has 120 valence electrons. The van der Waals surface area contributed by atoms with Gasteiger partial charge in [-0.15, -0.1) is 0 Å². The predicted octanol–water partition coefficient (Wildman–Crippen LogP) is 4.04. The third-order valence-corrected chi connectivity index (χ3v) is 3.38. The predicted molar refractivity (Wildman–Crippen MR) is 90.8 cm³/mol.